The quantitative estimate of drug-likeness (QED) is 0.699. The molecule has 1 aromatic carbocycles. The normalized spacial score (nSPS) is 10.7. The van der Waals surface area contributed by atoms with Gasteiger partial charge in [0.05, 0.1) is 0 Å². The molecule has 18 heavy (non-hydrogen) atoms. The van der Waals surface area contributed by atoms with Gasteiger partial charge in [-0.25, -0.2) is 0 Å². The number of nitrogens with zero attached hydrogens (tertiary/aromatic N) is 1. The molecule has 0 aliphatic carbocycles. The Kier molecular flexibility index (Phi) is 6.39. The number of anilines is 1. The lowest BCUT2D eigenvalue weighted by Gasteiger charge is -2.25. The summed E-state index contributed by atoms with van der Waals surface area (Å²) in [5, 5.41) is 0. The van der Waals surface area contributed by atoms with Crippen LogP contribution in [0.5, 0.6) is 0 Å². The molecule has 0 aromatic heterocycles. The second-order valence-corrected chi connectivity index (χ2v) is 3.66. The summed E-state index contributed by atoms with van der Waals surface area (Å²) in [7, 11) is 0. The van der Waals surface area contributed by atoms with E-state index in [2.05, 4.69) is 0 Å². The van der Waals surface area contributed by atoms with E-state index in [-0.39, 0.29) is 5.91 Å². The highest BCUT2D eigenvalue weighted by atomic mass is 16.7. The Morgan fingerprint density at radius 1 is 1.11 bits per heavy atom. The molecule has 0 bridgehead atoms. The number of amides is 1. The van der Waals surface area contributed by atoms with Gasteiger partial charge in [0.15, 0.2) is 0 Å². The highest BCUT2D eigenvalue weighted by molar-refractivity contribution is 5.95. The van der Waals surface area contributed by atoms with E-state index < -0.39 is 6.29 Å². The molecule has 1 aromatic rings. The van der Waals surface area contributed by atoms with Crippen molar-refractivity contribution in [1.82, 2.24) is 0 Å². The molecule has 4 heteroatoms. The monoisotopic (exact) mass is 251 g/mol. The van der Waals surface area contributed by atoms with Gasteiger partial charge in [-0.15, -0.1) is 0 Å². The minimum atomic E-state index is -0.819. The van der Waals surface area contributed by atoms with E-state index in [9.17, 15) is 4.79 Å². The van der Waals surface area contributed by atoms with Crippen LogP contribution in [0.3, 0.4) is 0 Å². The average molecular weight is 251 g/mol. The fourth-order valence-corrected chi connectivity index (χ4v) is 1.69. The summed E-state index contributed by atoms with van der Waals surface area (Å²) < 4.78 is 10.7. The molecular formula is C14H21NO3. The maximum absolute atomic E-state index is 12.3. The van der Waals surface area contributed by atoms with Crippen molar-refractivity contribution in [2.75, 3.05) is 24.7 Å². The number of hydrogen-bond donors (Lipinski definition) is 0. The molecule has 100 valence electrons. The first-order valence-corrected chi connectivity index (χ1v) is 6.34. The third kappa shape index (κ3) is 3.82. The van der Waals surface area contributed by atoms with Gasteiger partial charge in [0.2, 0.25) is 6.29 Å². The van der Waals surface area contributed by atoms with E-state index in [0.29, 0.717) is 19.8 Å². The zero-order chi connectivity index (χ0) is 13.4. The highest BCUT2D eigenvalue weighted by Crippen LogP contribution is 2.15. The second-order valence-electron chi connectivity index (χ2n) is 3.66. The van der Waals surface area contributed by atoms with Crippen LogP contribution in [0.25, 0.3) is 0 Å². The Morgan fingerprint density at radius 2 is 1.67 bits per heavy atom. The van der Waals surface area contributed by atoms with Crippen LogP contribution in [0.2, 0.25) is 0 Å². The van der Waals surface area contributed by atoms with Crippen LogP contribution >= 0.6 is 0 Å². The lowest BCUT2D eigenvalue weighted by atomic mass is 10.3. The second kappa shape index (κ2) is 7.84. The first-order chi connectivity index (χ1) is 8.74. The molecule has 0 aliphatic rings. The van der Waals surface area contributed by atoms with Crippen LogP contribution < -0.4 is 4.90 Å². The van der Waals surface area contributed by atoms with Crippen molar-refractivity contribution in [3.63, 3.8) is 0 Å². The summed E-state index contributed by atoms with van der Waals surface area (Å²) in [5.74, 6) is -0.160. The van der Waals surface area contributed by atoms with E-state index in [0.717, 1.165) is 5.69 Å². The number of likely N-dealkylation sites (N-methyl/N-ethyl adjacent to an activating group) is 1. The topological polar surface area (TPSA) is 38.8 Å². The van der Waals surface area contributed by atoms with E-state index in [4.69, 9.17) is 9.47 Å². The molecule has 0 saturated heterocycles. The van der Waals surface area contributed by atoms with Crippen molar-refractivity contribution in [3.8, 4) is 0 Å². The maximum Gasteiger partial charge on any atom is 0.283 e. The van der Waals surface area contributed by atoms with Crippen molar-refractivity contribution in [3.05, 3.63) is 30.3 Å². The van der Waals surface area contributed by atoms with Crippen LogP contribution in [0.15, 0.2) is 30.3 Å². The fourth-order valence-electron chi connectivity index (χ4n) is 1.69. The van der Waals surface area contributed by atoms with Gasteiger partial charge in [0, 0.05) is 25.4 Å². The van der Waals surface area contributed by atoms with Crippen LogP contribution in [-0.4, -0.2) is 32.0 Å². The first-order valence-electron chi connectivity index (χ1n) is 6.34. The van der Waals surface area contributed by atoms with Crippen LogP contribution in [0.1, 0.15) is 20.8 Å². The summed E-state index contributed by atoms with van der Waals surface area (Å²) in [4.78, 5) is 14.0. The van der Waals surface area contributed by atoms with Gasteiger partial charge in [-0.05, 0) is 32.9 Å². The molecular weight excluding hydrogens is 230 g/mol. The first kappa shape index (κ1) is 14.7. The Bertz CT molecular complexity index is 347. The molecule has 0 atom stereocenters. The Labute approximate surface area is 108 Å². The predicted octanol–water partition coefficient (Wildman–Crippen LogP) is 2.44. The van der Waals surface area contributed by atoms with Crippen molar-refractivity contribution >= 4 is 11.6 Å². The summed E-state index contributed by atoms with van der Waals surface area (Å²) in [6, 6.07) is 9.53. The van der Waals surface area contributed by atoms with Crippen LogP contribution in [0.4, 0.5) is 5.69 Å². The lowest BCUT2D eigenvalue weighted by Crippen LogP contribution is -2.42. The van der Waals surface area contributed by atoms with E-state index >= 15 is 0 Å². The van der Waals surface area contributed by atoms with Gasteiger partial charge in [-0.1, -0.05) is 18.2 Å². The maximum atomic E-state index is 12.3. The van der Waals surface area contributed by atoms with Crippen molar-refractivity contribution in [2.24, 2.45) is 0 Å². The minimum Gasteiger partial charge on any atom is -0.345 e. The van der Waals surface area contributed by atoms with Crippen molar-refractivity contribution in [2.45, 2.75) is 27.1 Å². The van der Waals surface area contributed by atoms with Crippen LogP contribution in [-0.2, 0) is 14.3 Å². The molecule has 0 heterocycles. The van der Waals surface area contributed by atoms with Gasteiger partial charge in [-0.2, -0.15) is 0 Å². The standard InChI is InChI=1S/C14H21NO3/c1-4-15(12-10-8-7-9-11-12)13(16)14(17-5-2)18-6-3/h7-11,14H,4-6H2,1-3H3. The van der Waals surface area contributed by atoms with Gasteiger partial charge >= 0.3 is 0 Å². The summed E-state index contributed by atoms with van der Waals surface area (Å²) in [6.45, 7) is 7.10. The summed E-state index contributed by atoms with van der Waals surface area (Å²) >= 11 is 0. The van der Waals surface area contributed by atoms with E-state index in [1.807, 2.05) is 51.1 Å². The summed E-state index contributed by atoms with van der Waals surface area (Å²) in [5.41, 5.74) is 0.856. The highest BCUT2D eigenvalue weighted by Gasteiger charge is 2.25. The lowest BCUT2D eigenvalue weighted by molar-refractivity contribution is -0.167. The molecule has 1 rings (SSSR count). The average Bonchev–Trinajstić information content (AvgIpc) is 2.40. The third-order valence-electron chi connectivity index (χ3n) is 2.49. The Morgan fingerprint density at radius 3 is 2.11 bits per heavy atom. The van der Waals surface area contributed by atoms with Crippen LogP contribution in [0, 0.1) is 0 Å². The minimum absolute atomic E-state index is 0.160. The van der Waals surface area contributed by atoms with Gasteiger partial charge in [-0.3, -0.25) is 4.79 Å². The molecule has 0 spiro atoms. The van der Waals surface area contributed by atoms with Crippen molar-refractivity contribution < 1.29 is 14.3 Å². The number of benzene rings is 1. The number of ether oxygens (including phenoxy) is 2. The van der Waals surface area contributed by atoms with Crippen molar-refractivity contribution in [1.29, 1.82) is 0 Å². The zero-order valence-corrected chi connectivity index (χ0v) is 11.3. The zero-order valence-electron chi connectivity index (χ0n) is 11.3. The number of carbonyl (C=O) groups excluding carboxylic acids is 1. The molecule has 4 nitrogen and oxygen atoms in total. The number of para-hydroxylation sites is 1. The predicted molar refractivity (Wildman–Crippen MR) is 71.5 cm³/mol. The largest absolute Gasteiger partial charge is 0.345 e. The molecule has 0 unspecified atom stereocenters. The smallest absolute Gasteiger partial charge is 0.283 e. The summed E-state index contributed by atoms with van der Waals surface area (Å²) in [6.07, 6.45) is -0.819. The van der Waals surface area contributed by atoms with Gasteiger partial charge < -0.3 is 14.4 Å². The number of hydrogen-bond acceptors (Lipinski definition) is 3. The fraction of sp³-hybridized carbons (Fsp3) is 0.500. The molecule has 0 N–H and O–H groups in total. The molecule has 0 radical (unpaired) electrons. The molecule has 1 amide bonds. The molecule has 0 fully saturated rings. The van der Waals surface area contributed by atoms with E-state index in [1.54, 1.807) is 4.90 Å². The van der Waals surface area contributed by atoms with Gasteiger partial charge in [0.1, 0.15) is 0 Å². The molecule has 0 saturated carbocycles. The Hall–Kier alpha value is -1.39. The Balaban J connectivity index is 2.83. The molecule has 0 aliphatic heterocycles. The van der Waals surface area contributed by atoms with E-state index in [1.165, 1.54) is 0 Å². The SMILES string of the molecule is CCOC(OCC)C(=O)N(CC)c1ccccc1. The third-order valence-corrected chi connectivity index (χ3v) is 2.49. The number of carbonyl (C=O) groups is 1. The number of rotatable bonds is 7. The van der Waals surface area contributed by atoms with Gasteiger partial charge in [0.25, 0.3) is 5.91 Å².